The van der Waals surface area contributed by atoms with Gasteiger partial charge < -0.3 is 9.47 Å². The van der Waals surface area contributed by atoms with Crippen molar-refractivity contribution >= 4 is 5.97 Å². The Hall–Kier alpha value is -1.41. The Kier molecular flexibility index (Phi) is 5.57. The Labute approximate surface area is 69.2 Å². The zero-order chi connectivity index (χ0) is 9.40. The van der Waals surface area contributed by atoms with Gasteiger partial charge in [-0.3, -0.25) is 0 Å². The average Bonchev–Trinajstić information content (AvgIpc) is 2.10. The summed E-state index contributed by atoms with van der Waals surface area (Å²) >= 11 is 0. The van der Waals surface area contributed by atoms with Crippen molar-refractivity contribution in [1.82, 2.24) is 0 Å². The molecule has 0 aliphatic heterocycles. The number of carbonyl (C=O) groups is 1. The van der Waals surface area contributed by atoms with Crippen molar-refractivity contribution in [3.05, 3.63) is 12.2 Å². The van der Waals surface area contributed by atoms with Gasteiger partial charge >= 0.3 is 5.97 Å². The maximum absolute atomic E-state index is 11.3. The topological polar surface area (TPSA) is 59.3 Å². The van der Waals surface area contributed by atoms with Gasteiger partial charge in [-0.2, -0.15) is 5.26 Å². The van der Waals surface area contributed by atoms with Crippen LogP contribution in [0.5, 0.6) is 0 Å². The number of alkyl halides is 1. The molecule has 0 aromatic carbocycles. The molecule has 0 aliphatic carbocycles. The van der Waals surface area contributed by atoms with E-state index in [0.717, 1.165) is 0 Å². The number of ether oxygens (including phenoxy) is 2. The van der Waals surface area contributed by atoms with Crippen molar-refractivity contribution in [3.63, 3.8) is 0 Å². The molecule has 0 aliphatic rings. The number of hydrogen-bond acceptors (Lipinski definition) is 4. The zero-order valence-corrected chi connectivity index (χ0v) is 6.38. The van der Waals surface area contributed by atoms with Crippen LogP contribution in [0.3, 0.4) is 0 Å². The van der Waals surface area contributed by atoms with Gasteiger partial charge in [-0.25, -0.2) is 9.18 Å². The van der Waals surface area contributed by atoms with E-state index in [9.17, 15) is 9.18 Å². The molecule has 0 unspecified atom stereocenters. The van der Waals surface area contributed by atoms with Gasteiger partial charge in [0.05, 0.1) is 6.61 Å². The fourth-order valence-corrected chi connectivity index (χ4v) is 0.381. The predicted octanol–water partition coefficient (Wildman–Crippen LogP) is 0.553. The highest BCUT2D eigenvalue weighted by atomic mass is 19.1. The quantitative estimate of drug-likeness (QED) is 0.263. The lowest BCUT2D eigenvalue weighted by atomic mass is 10.3. The van der Waals surface area contributed by atoms with Crippen molar-refractivity contribution in [3.8, 4) is 6.07 Å². The van der Waals surface area contributed by atoms with Crippen LogP contribution >= 0.6 is 0 Å². The molecular formula is C7H8FNO3. The first-order valence-corrected chi connectivity index (χ1v) is 3.12. The molecule has 0 N–H and O–H groups in total. The van der Waals surface area contributed by atoms with Crippen LogP contribution in [-0.4, -0.2) is 26.0 Å². The minimum absolute atomic E-state index is 0.0268. The van der Waals surface area contributed by atoms with Crippen LogP contribution in [0.15, 0.2) is 12.2 Å². The predicted molar refractivity (Wildman–Crippen MR) is 37.6 cm³/mol. The third kappa shape index (κ3) is 4.41. The fourth-order valence-electron chi connectivity index (χ4n) is 0.381. The Morgan fingerprint density at radius 1 is 1.58 bits per heavy atom. The molecule has 0 aromatic rings. The molecule has 0 rings (SSSR count). The van der Waals surface area contributed by atoms with E-state index in [2.05, 4.69) is 16.1 Å². The average molecular weight is 173 g/mol. The molecule has 0 atom stereocenters. The standard InChI is InChI=1S/C7H8FNO3/c1-6(4-9)7(10)12-3-2-11-5-8/h1-3,5H2. The van der Waals surface area contributed by atoms with Gasteiger partial charge in [-0.1, -0.05) is 6.58 Å². The number of nitriles is 1. The third-order valence-electron chi connectivity index (χ3n) is 0.919. The molecule has 0 amide bonds. The second kappa shape index (κ2) is 6.31. The molecule has 0 fully saturated rings. The van der Waals surface area contributed by atoms with E-state index in [1.165, 1.54) is 6.07 Å². The summed E-state index contributed by atoms with van der Waals surface area (Å²) in [6.45, 7) is 2.09. The van der Waals surface area contributed by atoms with E-state index < -0.39 is 12.8 Å². The normalized spacial score (nSPS) is 8.67. The molecular weight excluding hydrogens is 165 g/mol. The van der Waals surface area contributed by atoms with Gasteiger partial charge in [0.2, 0.25) is 0 Å². The van der Waals surface area contributed by atoms with Gasteiger partial charge in [0.25, 0.3) is 0 Å². The van der Waals surface area contributed by atoms with E-state index in [-0.39, 0.29) is 18.8 Å². The number of nitrogens with zero attached hydrogens (tertiary/aromatic N) is 1. The fraction of sp³-hybridized carbons (Fsp3) is 0.429. The Bertz CT molecular complexity index is 209. The molecule has 0 aromatic heterocycles. The number of rotatable bonds is 5. The van der Waals surface area contributed by atoms with Gasteiger partial charge in [-0.15, -0.1) is 0 Å². The summed E-state index contributed by atoms with van der Waals surface area (Å²) in [4.78, 5) is 10.6. The Morgan fingerprint density at radius 2 is 2.25 bits per heavy atom. The summed E-state index contributed by atoms with van der Waals surface area (Å²) in [7, 11) is 0. The molecule has 0 heterocycles. The summed E-state index contributed by atoms with van der Waals surface area (Å²) in [5.74, 6) is -0.806. The lowest BCUT2D eigenvalue weighted by Gasteiger charge is -2.01. The molecule has 0 saturated carbocycles. The lowest BCUT2D eigenvalue weighted by Crippen LogP contribution is -2.11. The number of hydrogen-bond donors (Lipinski definition) is 0. The molecule has 0 spiro atoms. The van der Waals surface area contributed by atoms with Gasteiger partial charge in [0.1, 0.15) is 18.2 Å². The van der Waals surface area contributed by atoms with Crippen molar-refractivity contribution in [2.24, 2.45) is 0 Å². The molecule has 4 nitrogen and oxygen atoms in total. The Balaban J connectivity index is 3.46. The second-order valence-electron chi connectivity index (χ2n) is 1.74. The number of esters is 1. The summed E-state index contributed by atoms with van der Waals surface area (Å²) in [5.41, 5.74) is -0.282. The monoisotopic (exact) mass is 173 g/mol. The second-order valence-corrected chi connectivity index (χ2v) is 1.74. The van der Waals surface area contributed by atoms with E-state index in [1.54, 1.807) is 0 Å². The molecule has 5 heteroatoms. The highest BCUT2D eigenvalue weighted by Gasteiger charge is 2.05. The van der Waals surface area contributed by atoms with Crippen molar-refractivity contribution in [1.29, 1.82) is 5.26 Å². The SMILES string of the molecule is C=C(C#N)C(=O)OCCOCF. The van der Waals surface area contributed by atoms with Crippen molar-refractivity contribution in [2.75, 3.05) is 20.1 Å². The lowest BCUT2D eigenvalue weighted by molar-refractivity contribution is -0.140. The maximum atomic E-state index is 11.3. The highest BCUT2D eigenvalue weighted by Crippen LogP contribution is 1.91. The van der Waals surface area contributed by atoms with Gasteiger partial charge in [0.15, 0.2) is 6.86 Å². The summed E-state index contributed by atoms with van der Waals surface area (Å²) < 4.78 is 20.0. The third-order valence-corrected chi connectivity index (χ3v) is 0.919. The minimum atomic E-state index is -0.920. The maximum Gasteiger partial charge on any atom is 0.348 e. The van der Waals surface area contributed by atoms with E-state index in [4.69, 9.17) is 5.26 Å². The zero-order valence-electron chi connectivity index (χ0n) is 6.38. The van der Waals surface area contributed by atoms with Crippen molar-refractivity contribution < 1.29 is 18.7 Å². The van der Waals surface area contributed by atoms with E-state index in [1.807, 2.05) is 0 Å². The van der Waals surface area contributed by atoms with Crippen LogP contribution < -0.4 is 0 Å². The first kappa shape index (κ1) is 10.6. The first-order valence-electron chi connectivity index (χ1n) is 3.12. The van der Waals surface area contributed by atoms with Crippen LogP contribution in [0, 0.1) is 11.3 Å². The van der Waals surface area contributed by atoms with Crippen LogP contribution in [-0.2, 0) is 14.3 Å². The summed E-state index contributed by atoms with van der Waals surface area (Å²) in [6, 6.07) is 1.52. The summed E-state index contributed by atoms with van der Waals surface area (Å²) in [5, 5.41) is 8.17. The van der Waals surface area contributed by atoms with Crippen LogP contribution in [0.4, 0.5) is 4.39 Å². The van der Waals surface area contributed by atoms with Crippen molar-refractivity contribution in [2.45, 2.75) is 0 Å². The molecule has 0 saturated heterocycles. The smallest absolute Gasteiger partial charge is 0.348 e. The minimum Gasteiger partial charge on any atom is -0.459 e. The van der Waals surface area contributed by atoms with Crippen LogP contribution in [0.25, 0.3) is 0 Å². The molecule has 0 radical (unpaired) electrons. The highest BCUT2D eigenvalue weighted by molar-refractivity contribution is 5.91. The molecule has 12 heavy (non-hydrogen) atoms. The number of halogens is 1. The van der Waals surface area contributed by atoms with Gasteiger partial charge in [-0.05, 0) is 0 Å². The Morgan fingerprint density at radius 3 is 2.75 bits per heavy atom. The van der Waals surface area contributed by atoms with E-state index in [0.29, 0.717) is 0 Å². The van der Waals surface area contributed by atoms with Gasteiger partial charge in [0, 0.05) is 0 Å². The molecule has 0 bridgehead atoms. The summed E-state index contributed by atoms with van der Waals surface area (Å²) in [6.07, 6.45) is 0. The first-order chi connectivity index (χ1) is 5.72. The van der Waals surface area contributed by atoms with Crippen LogP contribution in [0.2, 0.25) is 0 Å². The van der Waals surface area contributed by atoms with E-state index >= 15 is 0 Å². The van der Waals surface area contributed by atoms with Crippen LogP contribution in [0.1, 0.15) is 0 Å². The molecule has 66 valence electrons. The number of carbonyl (C=O) groups excluding carboxylic acids is 1. The largest absolute Gasteiger partial charge is 0.459 e.